The second-order valence-corrected chi connectivity index (χ2v) is 7.07. The van der Waals surface area contributed by atoms with Crippen LogP contribution in [0.4, 0.5) is 0 Å². The Labute approximate surface area is 108 Å². The molecule has 0 aromatic carbocycles. The van der Waals surface area contributed by atoms with Gasteiger partial charge >= 0.3 is 0 Å². The van der Waals surface area contributed by atoms with Crippen molar-refractivity contribution in [1.29, 1.82) is 0 Å². The summed E-state index contributed by atoms with van der Waals surface area (Å²) in [6.45, 7) is 5.67. The second-order valence-electron chi connectivity index (χ2n) is 4.66. The Kier molecular flexibility index (Phi) is 4.15. The quantitative estimate of drug-likeness (QED) is 0.898. The Hall–Kier alpha value is -0.390. The molecule has 0 saturated heterocycles. The number of thiophene rings is 1. The maximum absolute atomic E-state index is 11.2. The second kappa shape index (κ2) is 4.85. The molecule has 0 bridgehead atoms. The van der Waals surface area contributed by atoms with Crippen LogP contribution in [0.3, 0.4) is 0 Å². The van der Waals surface area contributed by atoms with E-state index in [4.69, 9.17) is 11.5 Å². The van der Waals surface area contributed by atoms with Crippen molar-refractivity contribution in [1.82, 2.24) is 0 Å². The topological polar surface area (TPSA) is 69.1 Å². The van der Waals surface area contributed by atoms with Crippen LogP contribution in [0.1, 0.15) is 36.8 Å². The molecule has 1 heterocycles. The van der Waals surface area contributed by atoms with Gasteiger partial charge in [0.2, 0.25) is 5.91 Å². The van der Waals surface area contributed by atoms with Gasteiger partial charge in [-0.15, -0.1) is 11.3 Å². The van der Waals surface area contributed by atoms with Crippen LogP contribution in [0.25, 0.3) is 0 Å². The van der Waals surface area contributed by atoms with Crippen molar-refractivity contribution in [3.8, 4) is 0 Å². The highest BCUT2D eigenvalue weighted by atomic mass is 79.9. The molecule has 1 aromatic rings. The fourth-order valence-corrected chi connectivity index (χ4v) is 2.99. The van der Waals surface area contributed by atoms with Crippen molar-refractivity contribution in [2.45, 2.75) is 33.2 Å². The third-order valence-corrected chi connectivity index (χ3v) is 4.91. The van der Waals surface area contributed by atoms with Crippen molar-refractivity contribution in [3.05, 3.63) is 20.3 Å². The lowest BCUT2D eigenvalue weighted by Gasteiger charge is -2.23. The lowest BCUT2D eigenvalue weighted by molar-refractivity contribution is -0.126. The molecule has 0 aliphatic heterocycles. The van der Waals surface area contributed by atoms with Gasteiger partial charge in [0, 0.05) is 16.3 Å². The molecule has 0 aliphatic rings. The Morgan fingerprint density at radius 3 is 2.56 bits per heavy atom. The highest BCUT2D eigenvalue weighted by Crippen LogP contribution is 2.35. The summed E-state index contributed by atoms with van der Waals surface area (Å²) >= 11 is 5.08. The summed E-state index contributed by atoms with van der Waals surface area (Å²) < 4.78 is 1.09. The first-order chi connectivity index (χ1) is 7.24. The van der Waals surface area contributed by atoms with E-state index < -0.39 is 5.41 Å². The maximum atomic E-state index is 11.2. The molecule has 5 heteroatoms. The van der Waals surface area contributed by atoms with Crippen LogP contribution >= 0.6 is 27.3 Å². The molecule has 1 rings (SSSR count). The standard InChI is InChI=1S/C11H17BrN2OS/c1-6-4-8(16-9(6)12)7(13)5-11(2,3)10(14)15/h4,7H,5,13H2,1-3H3,(H2,14,15). The van der Waals surface area contributed by atoms with Gasteiger partial charge in [0.05, 0.1) is 3.79 Å². The SMILES string of the molecule is Cc1cc(C(N)CC(C)(C)C(N)=O)sc1Br. The number of primary amides is 1. The van der Waals surface area contributed by atoms with Crippen LogP contribution in [0.5, 0.6) is 0 Å². The van der Waals surface area contributed by atoms with Gasteiger partial charge in [0.15, 0.2) is 0 Å². The number of hydrogen-bond acceptors (Lipinski definition) is 3. The van der Waals surface area contributed by atoms with Crippen LogP contribution in [-0.2, 0) is 4.79 Å². The summed E-state index contributed by atoms with van der Waals surface area (Å²) in [6.07, 6.45) is 0.564. The predicted octanol–water partition coefficient (Wildman–Crippen LogP) is 2.72. The molecule has 1 atom stereocenters. The fourth-order valence-electron chi connectivity index (χ4n) is 1.42. The van der Waals surface area contributed by atoms with Crippen LogP contribution < -0.4 is 11.5 Å². The maximum Gasteiger partial charge on any atom is 0.223 e. The molecule has 1 aromatic heterocycles. The molecule has 0 radical (unpaired) electrons. The minimum Gasteiger partial charge on any atom is -0.369 e. The number of carbonyl (C=O) groups is 1. The third kappa shape index (κ3) is 3.06. The average Bonchev–Trinajstić information content (AvgIpc) is 2.46. The Morgan fingerprint density at radius 1 is 1.62 bits per heavy atom. The zero-order valence-corrected chi connectivity index (χ0v) is 12.1. The highest BCUT2D eigenvalue weighted by Gasteiger charge is 2.28. The summed E-state index contributed by atoms with van der Waals surface area (Å²) in [5.74, 6) is -0.310. The van der Waals surface area contributed by atoms with Crippen LogP contribution in [0.15, 0.2) is 9.85 Å². The number of amides is 1. The lowest BCUT2D eigenvalue weighted by atomic mass is 9.85. The van der Waals surface area contributed by atoms with E-state index >= 15 is 0 Å². The molecule has 0 spiro atoms. The number of carbonyl (C=O) groups excluding carboxylic acids is 1. The number of rotatable bonds is 4. The molecule has 3 nitrogen and oxygen atoms in total. The van der Waals surface area contributed by atoms with Crippen molar-refractivity contribution >= 4 is 33.2 Å². The van der Waals surface area contributed by atoms with Crippen molar-refractivity contribution in [2.24, 2.45) is 16.9 Å². The van der Waals surface area contributed by atoms with E-state index in [1.165, 1.54) is 5.56 Å². The van der Waals surface area contributed by atoms with Gasteiger partial charge < -0.3 is 11.5 Å². The summed E-state index contributed by atoms with van der Waals surface area (Å²) in [4.78, 5) is 12.3. The smallest absolute Gasteiger partial charge is 0.223 e. The molecule has 90 valence electrons. The molecule has 1 unspecified atom stereocenters. The summed E-state index contributed by atoms with van der Waals surface area (Å²) in [6, 6.07) is 1.91. The van der Waals surface area contributed by atoms with Gasteiger partial charge in [-0.05, 0) is 40.9 Å². The highest BCUT2D eigenvalue weighted by molar-refractivity contribution is 9.11. The van der Waals surface area contributed by atoms with Crippen molar-refractivity contribution in [2.75, 3.05) is 0 Å². The van der Waals surface area contributed by atoms with Gasteiger partial charge in [-0.3, -0.25) is 4.79 Å². The molecule has 1 amide bonds. The van der Waals surface area contributed by atoms with Crippen LogP contribution in [0, 0.1) is 12.3 Å². The lowest BCUT2D eigenvalue weighted by Crippen LogP contribution is -2.34. The molecule has 0 aliphatic carbocycles. The van der Waals surface area contributed by atoms with E-state index in [2.05, 4.69) is 22.0 Å². The van der Waals surface area contributed by atoms with Gasteiger partial charge in [0.1, 0.15) is 0 Å². The van der Waals surface area contributed by atoms with E-state index in [0.29, 0.717) is 6.42 Å². The van der Waals surface area contributed by atoms with Gasteiger partial charge in [0.25, 0.3) is 0 Å². The monoisotopic (exact) mass is 304 g/mol. The largest absolute Gasteiger partial charge is 0.369 e. The minimum absolute atomic E-state index is 0.141. The van der Waals surface area contributed by atoms with E-state index in [1.54, 1.807) is 11.3 Å². The molecule has 16 heavy (non-hydrogen) atoms. The van der Waals surface area contributed by atoms with Crippen molar-refractivity contribution in [3.63, 3.8) is 0 Å². The van der Waals surface area contributed by atoms with Crippen LogP contribution in [0.2, 0.25) is 0 Å². The predicted molar refractivity (Wildman–Crippen MR) is 71.3 cm³/mol. The average molecular weight is 305 g/mol. The van der Waals surface area contributed by atoms with Gasteiger partial charge in [-0.2, -0.15) is 0 Å². The van der Waals surface area contributed by atoms with E-state index in [9.17, 15) is 4.79 Å². The summed E-state index contributed by atoms with van der Waals surface area (Å²) in [7, 11) is 0. The first-order valence-corrected chi connectivity index (χ1v) is 6.66. The fraction of sp³-hybridized carbons (Fsp3) is 0.545. The Balaban J connectivity index is 2.80. The van der Waals surface area contributed by atoms with Crippen LogP contribution in [-0.4, -0.2) is 5.91 Å². The number of nitrogens with two attached hydrogens (primary N) is 2. The number of aryl methyl sites for hydroxylation is 1. The Bertz CT molecular complexity index is 381. The van der Waals surface area contributed by atoms with Gasteiger partial charge in [-0.1, -0.05) is 13.8 Å². The Morgan fingerprint density at radius 2 is 2.19 bits per heavy atom. The first kappa shape index (κ1) is 13.7. The molecule has 0 fully saturated rings. The number of hydrogen-bond donors (Lipinski definition) is 2. The molecular weight excluding hydrogens is 288 g/mol. The van der Waals surface area contributed by atoms with E-state index in [1.807, 2.05) is 20.8 Å². The van der Waals surface area contributed by atoms with Crippen molar-refractivity contribution < 1.29 is 4.79 Å². The summed E-state index contributed by atoms with van der Waals surface area (Å²) in [5, 5.41) is 0. The first-order valence-electron chi connectivity index (χ1n) is 5.05. The van der Waals surface area contributed by atoms with Gasteiger partial charge in [-0.25, -0.2) is 0 Å². The number of halogens is 1. The third-order valence-electron chi connectivity index (χ3n) is 2.64. The molecular formula is C11H17BrN2OS. The summed E-state index contributed by atoms with van der Waals surface area (Å²) in [5.41, 5.74) is 12.0. The zero-order chi connectivity index (χ0) is 12.5. The van der Waals surface area contributed by atoms with E-state index in [0.717, 1.165) is 8.66 Å². The van der Waals surface area contributed by atoms with E-state index in [-0.39, 0.29) is 11.9 Å². The molecule has 4 N–H and O–H groups in total. The zero-order valence-electron chi connectivity index (χ0n) is 9.71. The molecule has 0 saturated carbocycles. The minimum atomic E-state index is -0.566. The normalized spacial score (nSPS) is 13.8.